The SMILES string of the molecule is O=[N+]([O-])c1cc(F)cc(CNCc2cccnc2)c1. The molecule has 19 heavy (non-hydrogen) atoms. The molecule has 5 nitrogen and oxygen atoms in total. The molecule has 0 bridgehead atoms. The molecule has 0 saturated heterocycles. The highest BCUT2D eigenvalue weighted by atomic mass is 19.1. The summed E-state index contributed by atoms with van der Waals surface area (Å²) >= 11 is 0. The van der Waals surface area contributed by atoms with Gasteiger partial charge in [-0.2, -0.15) is 0 Å². The van der Waals surface area contributed by atoms with Crippen LogP contribution in [0.3, 0.4) is 0 Å². The Balaban J connectivity index is 1.98. The lowest BCUT2D eigenvalue weighted by Gasteiger charge is -2.05. The molecule has 0 saturated carbocycles. The Morgan fingerprint density at radius 1 is 1.26 bits per heavy atom. The largest absolute Gasteiger partial charge is 0.309 e. The average Bonchev–Trinajstić information content (AvgIpc) is 2.39. The van der Waals surface area contributed by atoms with Gasteiger partial charge in [0.25, 0.3) is 5.69 Å². The first kappa shape index (κ1) is 13.1. The molecule has 2 rings (SSSR count). The van der Waals surface area contributed by atoms with Gasteiger partial charge < -0.3 is 5.32 Å². The fourth-order valence-electron chi connectivity index (χ4n) is 1.69. The van der Waals surface area contributed by atoms with Gasteiger partial charge in [0.15, 0.2) is 0 Å². The van der Waals surface area contributed by atoms with Crippen LogP contribution in [0.15, 0.2) is 42.7 Å². The quantitative estimate of drug-likeness (QED) is 0.663. The Bertz CT molecular complexity index is 575. The van der Waals surface area contributed by atoms with Gasteiger partial charge >= 0.3 is 0 Å². The summed E-state index contributed by atoms with van der Waals surface area (Å²) in [5.74, 6) is -0.604. The predicted molar refractivity (Wildman–Crippen MR) is 67.8 cm³/mol. The number of nitro groups is 1. The summed E-state index contributed by atoms with van der Waals surface area (Å²) in [6.45, 7) is 0.922. The average molecular weight is 261 g/mol. The van der Waals surface area contributed by atoms with E-state index in [-0.39, 0.29) is 5.69 Å². The standard InChI is InChI=1S/C13H12FN3O2/c14-12-4-11(5-13(6-12)17(18)19)9-16-8-10-2-1-3-15-7-10/h1-7,16H,8-9H2. The topological polar surface area (TPSA) is 68.1 Å². The second-order valence-electron chi connectivity index (χ2n) is 4.04. The maximum atomic E-state index is 13.2. The van der Waals surface area contributed by atoms with Crippen molar-refractivity contribution >= 4 is 5.69 Å². The van der Waals surface area contributed by atoms with E-state index in [1.165, 1.54) is 12.1 Å². The Morgan fingerprint density at radius 2 is 2.05 bits per heavy atom. The van der Waals surface area contributed by atoms with Crippen molar-refractivity contribution in [1.29, 1.82) is 0 Å². The molecule has 0 radical (unpaired) electrons. The van der Waals surface area contributed by atoms with Crippen molar-refractivity contribution < 1.29 is 9.31 Å². The van der Waals surface area contributed by atoms with Crippen molar-refractivity contribution in [1.82, 2.24) is 10.3 Å². The maximum Gasteiger partial charge on any atom is 0.272 e. The van der Waals surface area contributed by atoms with Crippen molar-refractivity contribution in [3.05, 3.63) is 69.8 Å². The van der Waals surface area contributed by atoms with Gasteiger partial charge in [-0.25, -0.2) is 4.39 Å². The molecule has 6 heteroatoms. The normalized spacial score (nSPS) is 10.4. The Hall–Kier alpha value is -2.34. The van der Waals surface area contributed by atoms with Gasteiger partial charge in [0.05, 0.1) is 11.0 Å². The monoisotopic (exact) mass is 261 g/mol. The van der Waals surface area contributed by atoms with Crippen LogP contribution in [-0.2, 0) is 13.1 Å². The van der Waals surface area contributed by atoms with E-state index in [4.69, 9.17) is 0 Å². The maximum absolute atomic E-state index is 13.2. The van der Waals surface area contributed by atoms with Crippen molar-refractivity contribution in [3.8, 4) is 0 Å². The highest BCUT2D eigenvalue weighted by Crippen LogP contribution is 2.16. The predicted octanol–water partition coefficient (Wildman–Crippen LogP) is 2.42. The van der Waals surface area contributed by atoms with Gasteiger partial charge in [-0.3, -0.25) is 15.1 Å². The van der Waals surface area contributed by atoms with Crippen LogP contribution in [0.2, 0.25) is 0 Å². The van der Waals surface area contributed by atoms with Crippen LogP contribution in [0.25, 0.3) is 0 Å². The van der Waals surface area contributed by atoms with Crippen LogP contribution in [-0.4, -0.2) is 9.91 Å². The lowest BCUT2D eigenvalue weighted by molar-refractivity contribution is -0.385. The van der Waals surface area contributed by atoms with E-state index in [1.807, 2.05) is 12.1 Å². The summed E-state index contributed by atoms with van der Waals surface area (Å²) in [5.41, 5.74) is 1.29. The third-order valence-electron chi connectivity index (χ3n) is 2.53. The third kappa shape index (κ3) is 3.82. The molecule has 2 aromatic rings. The van der Waals surface area contributed by atoms with Gasteiger partial charge in [-0.05, 0) is 23.3 Å². The number of halogens is 1. The summed E-state index contributed by atoms with van der Waals surface area (Å²) in [5, 5.41) is 13.7. The lowest BCUT2D eigenvalue weighted by atomic mass is 10.2. The summed E-state index contributed by atoms with van der Waals surface area (Å²) in [6.07, 6.45) is 3.40. The first-order valence-corrected chi connectivity index (χ1v) is 5.68. The van der Waals surface area contributed by atoms with Crippen LogP contribution >= 0.6 is 0 Å². The molecular formula is C13H12FN3O2. The van der Waals surface area contributed by atoms with Crippen molar-refractivity contribution in [2.75, 3.05) is 0 Å². The third-order valence-corrected chi connectivity index (χ3v) is 2.53. The van der Waals surface area contributed by atoms with Crippen LogP contribution < -0.4 is 5.32 Å². The number of aromatic nitrogens is 1. The van der Waals surface area contributed by atoms with Crippen LogP contribution in [0.1, 0.15) is 11.1 Å². The molecule has 0 unspecified atom stereocenters. The number of nitrogens with one attached hydrogen (secondary N) is 1. The molecular weight excluding hydrogens is 249 g/mol. The second kappa shape index (κ2) is 6.01. The second-order valence-corrected chi connectivity index (χ2v) is 4.04. The van der Waals surface area contributed by atoms with E-state index in [2.05, 4.69) is 10.3 Å². The van der Waals surface area contributed by atoms with Crippen molar-refractivity contribution in [2.24, 2.45) is 0 Å². The number of rotatable bonds is 5. The molecule has 1 aromatic heterocycles. The minimum absolute atomic E-state index is 0.238. The molecule has 1 N–H and O–H groups in total. The smallest absolute Gasteiger partial charge is 0.272 e. The highest BCUT2D eigenvalue weighted by Gasteiger charge is 2.09. The Kier molecular flexibility index (Phi) is 4.15. The lowest BCUT2D eigenvalue weighted by Crippen LogP contribution is -2.13. The molecule has 0 spiro atoms. The number of hydrogen-bond donors (Lipinski definition) is 1. The zero-order valence-electron chi connectivity index (χ0n) is 10.0. The van der Waals surface area contributed by atoms with E-state index in [1.54, 1.807) is 12.4 Å². The first-order chi connectivity index (χ1) is 9.15. The van der Waals surface area contributed by atoms with Crippen LogP contribution in [0.5, 0.6) is 0 Å². The zero-order valence-corrected chi connectivity index (χ0v) is 10.0. The molecule has 0 aliphatic rings. The minimum Gasteiger partial charge on any atom is -0.309 e. The number of non-ortho nitro benzene ring substituents is 1. The van der Waals surface area contributed by atoms with Crippen LogP contribution in [0.4, 0.5) is 10.1 Å². The highest BCUT2D eigenvalue weighted by molar-refractivity contribution is 5.35. The molecule has 0 fully saturated rings. The molecule has 98 valence electrons. The molecule has 1 aromatic carbocycles. The van der Waals surface area contributed by atoms with E-state index in [0.717, 1.165) is 11.6 Å². The van der Waals surface area contributed by atoms with Gasteiger partial charge in [-0.15, -0.1) is 0 Å². The van der Waals surface area contributed by atoms with Gasteiger partial charge in [0.1, 0.15) is 5.82 Å². The van der Waals surface area contributed by atoms with Gasteiger partial charge in [0, 0.05) is 31.5 Å². The Morgan fingerprint density at radius 3 is 2.74 bits per heavy atom. The number of nitrogens with zero attached hydrogens (tertiary/aromatic N) is 2. The van der Waals surface area contributed by atoms with Gasteiger partial charge in [0.2, 0.25) is 0 Å². The van der Waals surface area contributed by atoms with Crippen molar-refractivity contribution in [2.45, 2.75) is 13.1 Å². The number of nitro benzene ring substituents is 1. The number of hydrogen-bond acceptors (Lipinski definition) is 4. The number of pyridine rings is 1. The minimum atomic E-state index is -0.604. The summed E-state index contributed by atoms with van der Waals surface area (Å²) in [6, 6.07) is 7.28. The van der Waals surface area contributed by atoms with E-state index >= 15 is 0 Å². The van der Waals surface area contributed by atoms with E-state index in [0.29, 0.717) is 18.7 Å². The number of benzene rings is 1. The zero-order chi connectivity index (χ0) is 13.7. The summed E-state index contributed by atoms with van der Waals surface area (Å²) < 4.78 is 13.2. The molecule has 0 amide bonds. The van der Waals surface area contributed by atoms with E-state index in [9.17, 15) is 14.5 Å². The molecule has 0 aliphatic heterocycles. The van der Waals surface area contributed by atoms with Crippen LogP contribution in [0, 0.1) is 15.9 Å². The summed E-state index contributed by atoms with van der Waals surface area (Å²) in [7, 11) is 0. The summed E-state index contributed by atoms with van der Waals surface area (Å²) in [4.78, 5) is 14.0. The fraction of sp³-hybridized carbons (Fsp3) is 0.154. The van der Waals surface area contributed by atoms with Crippen molar-refractivity contribution in [3.63, 3.8) is 0 Å². The molecule has 0 aliphatic carbocycles. The first-order valence-electron chi connectivity index (χ1n) is 5.68. The molecule has 0 atom stereocenters. The fourth-order valence-corrected chi connectivity index (χ4v) is 1.69. The Labute approximate surface area is 109 Å². The van der Waals surface area contributed by atoms with Gasteiger partial charge in [-0.1, -0.05) is 6.07 Å². The van der Waals surface area contributed by atoms with E-state index < -0.39 is 10.7 Å². The molecule has 1 heterocycles.